The van der Waals surface area contributed by atoms with E-state index < -0.39 is 24.8 Å². The maximum absolute atomic E-state index is 12.2. The number of carbonyl (C=O) groups excluding carboxylic acids is 1. The van der Waals surface area contributed by atoms with Crippen molar-refractivity contribution in [3.63, 3.8) is 0 Å². The number of halogens is 3. The number of fused-ring (bicyclic) bond motifs is 1. The second kappa shape index (κ2) is 7.19. The van der Waals surface area contributed by atoms with Gasteiger partial charge in [-0.05, 0) is 19.1 Å². The molecular weight excluding hydrogens is 367 g/mol. The number of anilines is 1. The van der Waals surface area contributed by atoms with Crippen LogP contribution in [0.2, 0.25) is 0 Å². The van der Waals surface area contributed by atoms with Gasteiger partial charge in [0.15, 0.2) is 5.65 Å². The van der Waals surface area contributed by atoms with E-state index in [-0.39, 0.29) is 22.3 Å². The minimum atomic E-state index is -4.53. The van der Waals surface area contributed by atoms with Crippen LogP contribution in [0.3, 0.4) is 0 Å². The first-order valence-corrected chi connectivity index (χ1v) is 7.76. The van der Waals surface area contributed by atoms with Crippen molar-refractivity contribution in [3.05, 3.63) is 47.1 Å². The first kappa shape index (κ1) is 18.6. The number of aromatic nitrogens is 4. The van der Waals surface area contributed by atoms with E-state index in [0.717, 1.165) is 0 Å². The normalized spacial score (nSPS) is 12.9. The molecule has 0 fully saturated rings. The Morgan fingerprint density at radius 2 is 2.11 bits per heavy atom. The van der Waals surface area contributed by atoms with E-state index in [9.17, 15) is 22.8 Å². The van der Waals surface area contributed by atoms with E-state index in [1.807, 2.05) is 0 Å². The monoisotopic (exact) mass is 381 g/mol. The molecule has 1 aromatic carbocycles. The van der Waals surface area contributed by atoms with Gasteiger partial charge in [0.1, 0.15) is 18.1 Å². The number of nitrogens with zero attached hydrogens (tertiary/aromatic N) is 3. The number of nitrogens with one attached hydrogen (secondary N) is 2. The van der Waals surface area contributed by atoms with Crippen LogP contribution in [0.5, 0.6) is 0 Å². The minimum Gasteiger partial charge on any atom is -0.359 e. The molecule has 1 unspecified atom stereocenters. The molecule has 0 aliphatic carbocycles. The molecule has 1 atom stereocenters. The van der Waals surface area contributed by atoms with Crippen LogP contribution in [0.25, 0.3) is 16.7 Å². The van der Waals surface area contributed by atoms with Gasteiger partial charge in [-0.3, -0.25) is 9.59 Å². The van der Waals surface area contributed by atoms with Crippen LogP contribution in [0.1, 0.15) is 6.92 Å². The lowest BCUT2D eigenvalue weighted by Crippen LogP contribution is -2.31. The van der Waals surface area contributed by atoms with Gasteiger partial charge >= 0.3 is 6.18 Å². The zero-order valence-electron chi connectivity index (χ0n) is 13.9. The zero-order chi connectivity index (χ0) is 19.6. The highest BCUT2D eigenvalue weighted by Crippen LogP contribution is 2.23. The number of para-hydroxylation sites is 2. The van der Waals surface area contributed by atoms with E-state index in [2.05, 4.69) is 25.1 Å². The van der Waals surface area contributed by atoms with Crippen LogP contribution < -0.4 is 10.9 Å². The summed E-state index contributed by atoms with van der Waals surface area (Å²) in [5.74, 6) is -0.756. The van der Waals surface area contributed by atoms with Crippen LogP contribution >= 0.6 is 0 Å². The highest BCUT2D eigenvalue weighted by atomic mass is 19.4. The van der Waals surface area contributed by atoms with Crippen molar-refractivity contribution >= 4 is 22.6 Å². The highest BCUT2D eigenvalue weighted by Gasteiger charge is 2.30. The topological polar surface area (TPSA) is 102 Å². The summed E-state index contributed by atoms with van der Waals surface area (Å²) in [6.45, 7) is -0.312. The summed E-state index contributed by atoms with van der Waals surface area (Å²) in [6.07, 6.45) is -3.31. The molecule has 0 aliphatic rings. The number of alkyl halides is 3. The van der Waals surface area contributed by atoms with E-state index >= 15 is 0 Å². The van der Waals surface area contributed by atoms with Crippen molar-refractivity contribution in [3.8, 4) is 5.69 Å². The standard InChI is InChI=1S/C16H14F3N5O3/c1-9(27-7-16(17,18)19)14(25)23-11-4-2-3-5-12(11)24-13-10(6-22-24)15(26)21-8-20-13/h2-6,8-9H,7H2,1H3,(H,23,25)(H,20,21,26). The molecule has 0 radical (unpaired) electrons. The van der Waals surface area contributed by atoms with Gasteiger partial charge in [0, 0.05) is 0 Å². The van der Waals surface area contributed by atoms with Gasteiger partial charge < -0.3 is 15.0 Å². The molecule has 0 spiro atoms. The fourth-order valence-electron chi connectivity index (χ4n) is 2.33. The third-order valence-electron chi connectivity index (χ3n) is 3.63. The van der Waals surface area contributed by atoms with Crippen molar-refractivity contribution < 1.29 is 22.7 Å². The van der Waals surface area contributed by atoms with Gasteiger partial charge in [0.05, 0.1) is 23.9 Å². The first-order chi connectivity index (χ1) is 12.8. The Hall–Kier alpha value is -3.21. The van der Waals surface area contributed by atoms with Crippen molar-refractivity contribution in [2.75, 3.05) is 11.9 Å². The molecule has 0 aliphatic heterocycles. The highest BCUT2D eigenvalue weighted by molar-refractivity contribution is 5.96. The summed E-state index contributed by atoms with van der Waals surface area (Å²) < 4.78 is 42.6. The Morgan fingerprint density at radius 1 is 1.37 bits per heavy atom. The molecule has 2 heterocycles. The fraction of sp³-hybridized carbons (Fsp3) is 0.250. The van der Waals surface area contributed by atoms with Gasteiger partial charge in [0.25, 0.3) is 11.5 Å². The maximum atomic E-state index is 12.2. The largest absolute Gasteiger partial charge is 0.411 e. The SMILES string of the molecule is CC(OCC(F)(F)F)C(=O)Nc1ccccc1-n1ncc2c(=O)[nH]cnc21. The van der Waals surface area contributed by atoms with Crippen LogP contribution in [-0.2, 0) is 9.53 Å². The van der Waals surface area contributed by atoms with E-state index in [1.54, 1.807) is 24.3 Å². The molecule has 27 heavy (non-hydrogen) atoms. The van der Waals surface area contributed by atoms with Crippen molar-refractivity contribution in [2.24, 2.45) is 0 Å². The Kier molecular flexibility index (Phi) is 4.95. The number of rotatable bonds is 5. The van der Waals surface area contributed by atoms with E-state index in [4.69, 9.17) is 0 Å². The lowest BCUT2D eigenvalue weighted by Gasteiger charge is -2.16. The number of aromatic amines is 1. The molecule has 3 aromatic rings. The quantitative estimate of drug-likeness (QED) is 0.704. The van der Waals surface area contributed by atoms with Gasteiger partial charge in [-0.1, -0.05) is 12.1 Å². The summed E-state index contributed by atoms with van der Waals surface area (Å²) in [5.41, 5.74) is 0.558. The Labute approximate surface area is 150 Å². The van der Waals surface area contributed by atoms with E-state index in [0.29, 0.717) is 5.69 Å². The third-order valence-corrected chi connectivity index (χ3v) is 3.63. The Morgan fingerprint density at radius 3 is 2.85 bits per heavy atom. The molecular formula is C16H14F3N5O3. The molecule has 8 nitrogen and oxygen atoms in total. The molecule has 11 heteroatoms. The van der Waals surface area contributed by atoms with Gasteiger partial charge in [-0.2, -0.15) is 18.3 Å². The van der Waals surface area contributed by atoms with Gasteiger partial charge in [-0.15, -0.1) is 0 Å². The maximum Gasteiger partial charge on any atom is 0.411 e. The number of H-pyrrole nitrogens is 1. The molecule has 3 rings (SSSR count). The molecule has 0 saturated heterocycles. The van der Waals surface area contributed by atoms with Gasteiger partial charge in [-0.25, -0.2) is 9.67 Å². The average Bonchev–Trinajstić information content (AvgIpc) is 3.05. The van der Waals surface area contributed by atoms with Gasteiger partial charge in [0.2, 0.25) is 0 Å². The smallest absolute Gasteiger partial charge is 0.359 e. The molecule has 2 N–H and O–H groups in total. The third kappa shape index (κ3) is 4.14. The second-order valence-electron chi connectivity index (χ2n) is 5.60. The number of hydrogen-bond acceptors (Lipinski definition) is 5. The molecule has 142 valence electrons. The predicted molar refractivity (Wildman–Crippen MR) is 89.6 cm³/mol. The lowest BCUT2D eigenvalue weighted by atomic mass is 10.2. The Balaban J connectivity index is 1.87. The van der Waals surface area contributed by atoms with Crippen LogP contribution in [0, 0.1) is 0 Å². The summed E-state index contributed by atoms with van der Waals surface area (Å²) in [6, 6.07) is 6.47. The molecule has 2 aromatic heterocycles. The zero-order valence-corrected chi connectivity index (χ0v) is 13.9. The van der Waals surface area contributed by atoms with Crippen LogP contribution in [0.15, 0.2) is 41.6 Å². The molecule has 0 saturated carbocycles. The van der Waals surface area contributed by atoms with Crippen LogP contribution in [0.4, 0.5) is 18.9 Å². The molecule has 1 amide bonds. The number of ether oxygens (including phenoxy) is 1. The number of amides is 1. The van der Waals surface area contributed by atoms with Crippen molar-refractivity contribution in [1.82, 2.24) is 19.7 Å². The number of benzene rings is 1. The van der Waals surface area contributed by atoms with Crippen LogP contribution in [-0.4, -0.2) is 44.5 Å². The summed E-state index contributed by atoms with van der Waals surface area (Å²) in [5, 5.41) is 6.87. The minimum absolute atomic E-state index is 0.250. The Bertz CT molecular complexity index is 1030. The lowest BCUT2D eigenvalue weighted by molar-refractivity contribution is -0.184. The first-order valence-electron chi connectivity index (χ1n) is 7.76. The fourth-order valence-corrected chi connectivity index (χ4v) is 2.33. The summed E-state index contributed by atoms with van der Waals surface area (Å²) in [4.78, 5) is 30.5. The summed E-state index contributed by atoms with van der Waals surface area (Å²) in [7, 11) is 0. The van der Waals surface area contributed by atoms with Crippen molar-refractivity contribution in [1.29, 1.82) is 0 Å². The van der Waals surface area contributed by atoms with Crippen molar-refractivity contribution in [2.45, 2.75) is 19.2 Å². The predicted octanol–water partition coefficient (Wildman–Crippen LogP) is 2.01. The second-order valence-corrected chi connectivity index (χ2v) is 5.60. The number of carbonyl (C=O) groups is 1. The molecule has 0 bridgehead atoms. The number of hydrogen-bond donors (Lipinski definition) is 2. The summed E-state index contributed by atoms with van der Waals surface area (Å²) >= 11 is 0. The average molecular weight is 381 g/mol. The van der Waals surface area contributed by atoms with E-state index in [1.165, 1.54) is 24.1 Å².